The fourth-order valence-corrected chi connectivity index (χ4v) is 2.00. The normalized spacial score (nSPS) is 11.4. The van der Waals surface area contributed by atoms with Crippen molar-refractivity contribution in [2.75, 3.05) is 5.75 Å². The van der Waals surface area contributed by atoms with Crippen molar-refractivity contribution in [1.29, 1.82) is 0 Å². The molecule has 4 nitrogen and oxygen atoms in total. The Kier molecular flexibility index (Phi) is 4.77. The number of carbonyl (C=O) groups is 1. The first kappa shape index (κ1) is 14.3. The first-order valence-corrected chi connectivity index (χ1v) is 6.47. The SMILES string of the molecule is Cc1c(Cl)ncnc1SCC(=O)OC(C)(C)C. The van der Waals surface area contributed by atoms with Gasteiger partial charge < -0.3 is 4.74 Å². The lowest BCUT2D eigenvalue weighted by Crippen LogP contribution is -2.24. The Balaban J connectivity index is 2.56. The van der Waals surface area contributed by atoms with Gasteiger partial charge >= 0.3 is 5.97 Å². The number of hydrogen-bond acceptors (Lipinski definition) is 5. The summed E-state index contributed by atoms with van der Waals surface area (Å²) in [5, 5.41) is 1.11. The van der Waals surface area contributed by atoms with Crippen LogP contribution in [0.2, 0.25) is 5.15 Å². The summed E-state index contributed by atoms with van der Waals surface area (Å²) in [4.78, 5) is 19.4. The van der Waals surface area contributed by atoms with Gasteiger partial charge in [-0.3, -0.25) is 4.79 Å². The second-order valence-corrected chi connectivity index (χ2v) is 5.79. The molecule has 0 N–H and O–H groups in total. The zero-order valence-corrected chi connectivity index (χ0v) is 11.9. The quantitative estimate of drug-likeness (QED) is 0.482. The Labute approximate surface area is 110 Å². The first-order chi connectivity index (χ1) is 7.79. The molecule has 0 bridgehead atoms. The number of aromatic nitrogens is 2. The van der Waals surface area contributed by atoms with Gasteiger partial charge in [-0.05, 0) is 27.7 Å². The van der Waals surface area contributed by atoms with E-state index in [0.717, 1.165) is 5.56 Å². The second kappa shape index (κ2) is 5.69. The molecule has 1 rings (SSSR count). The van der Waals surface area contributed by atoms with E-state index in [9.17, 15) is 4.79 Å². The van der Waals surface area contributed by atoms with E-state index in [1.807, 2.05) is 27.7 Å². The van der Waals surface area contributed by atoms with Gasteiger partial charge in [-0.2, -0.15) is 0 Å². The molecule has 1 aromatic heterocycles. The van der Waals surface area contributed by atoms with Gasteiger partial charge in [0.1, 0.15) is 22.1 Å². The van der Waals surface area contributed by atoms with E-state index in [2.05, 4.69) is 9.97 Å². The van der Waals surface area contributed by atoms with E-state index in [1.54, 1.807) is 0 Å². The molecule has 0 saturated carbocycles. The fraction of sp³-hybridized carbons (Fsp3) is 0.545. The van der Waals surface area contributed by atoms with Crippen molar-refractivity contribution in [3.05, 3.63) is 17.0 Å². The molecular formula is C11H15ClN2O2S. The van der Waals surface area contributed by atoms with Crippen LogP contribution < -0.4 is 0 Å². The van der Waals surface area contributed by atoms with Crippen LogP contribution in [-0.4, -0.2) is 27.3 Å². The predicted octanol–water partition coefficient (Wildman–Crippen LogP) is 2.87. The molecule has 0 unspecified atom stereocenters. The number of rotatable bonds is 3. The largest absolute Gasteiger partial charge is 0.459 e. The lowest BCUT2D eigenvalue weighted by atomic mass is 10.2. The molecule has 94 valence electrons. The Morgan fingerprint density at radius 1 is 1.47 bits per heavy atom. The molecule has 0 spiro atoms. The molecule has 0 atom stereocenters. The number of halogens is 1. The minimum Gasteiger partial charge on any atom is -0.459 e. The van der Waals surface area contributed by atoms with E-state index < -0.39 is 5.60 Å². The Hall–Kier alpha value is -0.810. The van der Waals surface area contributed by atoms with Crippen molar-refractivity contribution in [3.63, 3.8) is 0 Å². The van der Waals surface area contributed by atoms with E-state index in [0.29, 0.717) is 10.2 Å². The van der Waals surface area contributed by atoms with E-state index in [-0.39, 0.29) is 11.7 Å². The van der Waals surface area contributed by atoms with Crippen molar-refractivity contribution >= 4 is 29.3 Å². The predicted molar refractivity (Wildman–Crippen MR) is 68.3 cm³/mol. The third-order valence-corrected chi connectivity index (χ3v) is 3.17. The third kappa shape index (κ3) is 4.91. The highest BCUT2D eigenvalue weighted by Crippen LogP contribution is 2.24. The summed E-state index contributed by atoms with van der Waals surface area (Å²) in [5.41, 5.74) is 0.318. The molecule has 17 heavy (non-hydrogen) atoms. The summed E-state index contributed by atoms with van der Waals surface area (Å²) in [6.45, 7) is 7.33. The van der Waals surface area contributed by atoms with Crippen LogP contribution in [0.15, 0.2) is 11.4 Å². The lowest BCUT2D eigenvalue weighted by Gasteiger charge is -2.19. The maximum Gasteiger partial charge on any atom is 0.316 e. The molecule has 0 fully saturated rings. The average Bonchev–Trinajstić information content (AvgIpc) is 2.18. The van der Waals surface area contributed by atoms with Crippen LogP contribution in [0.1, 0.15) is 26.3 Å². The van der Waals surface area contributed by atoms with Crippen LogP contribution in [-0.2, 0) is 9.53 Å². The molecule has 0 aliphatic rings. The van der Waals surface area contributed by atoms with Gasteiger partial charge in [0.15, 0.2) is 0 Å². The van der Waals surface area contributed by atoms with E-state index in [1.165, 1.54) is 18.1 Å². The summed E-state index contributed by atoms with van der Waals surface area (Å²) < 4.78 is 5.19. The van der Waals surface area contributed by atoms with E-state index >= 15 is 0 Å². The van der Waals surface area contributed by atoms with Crippen LogP contribution in [0.4, 0.5) is 0 Å². The maximum absolute atomic E-state index is 11.5. The van der Waals surface area contributed by atoms with Crippen molar-refractivity contribution in [2.24, 2.45) is 0 Å². The maximum atomic E-state index is 11.5. The standard InChI is InChI=1S/C11H15ClN2O2S/c1-7-9(12)13-6-14-10(7)17-5-8(15)16-11(2,3)4/h6H,5H2,1-4H3. The zero-order chi connectivity index (χ0) is 13.1. The molecule has 0 aliphatic carbocycles. The molecule has 0 saturated heterocycles. The number of nitrogens with zero attached hydrogens (tertiary/aromatic N) is 2. The average molecular weight is 275 g/mol. The summed E-state index contributed by atoms with van der Waals surface area (Å²) >= 11 is 7.15. The molecule has 0 radical (unpaired) electrons. The number of carbonyl (C=O) groups excluding carboxylic acids is 1. The summed E-state index contributed by atoms with van der Waals surface area (Å²) in [6.07, 6.45) is 1.38. The van der Waals surface area contributed by atoms with Crippen LogP contribution in [0.5, 0.6) is 0 Å². The van der Waals surface area contributed by atoms with E-state index in [4.69, 9.17) is 16.3 Å². The Bertz CT molecular complexity index is 418. The molecule has 6 heteroatoms. The smallest absolute Gasteiger partial charge is 0.316 e. The number of thioether (sulfide) groups is 1. The Morgan fingerprint density at radius 2 is 2.12 bits per heavy atom. The van der Waals surface area contributed by atoms with Crippen molar-refractivity contribution in [3.8, 4) is 0 Å². The highest BCUT2D eigenvalue weighted by molar-refractivity contribution is 7.99. The Morgan fingerprint density at radius 3 is 2.71 bits per heavy atom. The van der Waals surface area contributed by atoms with Gasteiger partial charge in [0.05, 0.1) is 5.75 Å². The van der Waals surface area contributed by atoms with Crippen LogP contribution in [0.3, 0.4) is 0 Å². The molecule has 0 amide bonds. The third-order valence-electron chi connectivity index (χ3n) is 1.72. The van der Waals surface area contributed by atoms with Crippen LogP contribution in [0.25, 0.3) is 0 Å². The topological polar surface area (TPSA) is 52.1 Å². The van der Waals surface area contributed by atoms with Gasteiger partial charge in [0, 0.05) is 5.56 Å². The summed E-state index contributed by atoms with van der Waals surface area (Å²) in [6, 6.07) is 0. The minimum absolute atomic E-state index is 0.214. The van der Waals surface area contributed by atoms with Crippen LogP contribution in [0, 0.1) is 6.92 Å². The fourth-order valence-electron chi connectivity index (χ4n) is 1.06. The molecular weight excluding hydrogens is 260 g/mol. The lowest BCUT2D eigenvalue weighted by molar-refractivity contribution is -0.151. The minimum atomic E-state index is -0.462. The number of ether oxygens (including phenoxy) is 1. The van der Waals surface area contributed by atoms with Gasteiger partial charge in [0.25, 0.3) is 0 Å². The number of esters is 1. The van der Waals surface area contributed by atoms with Crippen molar-refractivity contribution in [2.45, 2.75) is 38.3 Å². The van der Waals surface area contributed by atoms with Gasteiger partial charge in [0.2, 0.25) is 0 Å². The van der Waals surface area contributed by atoms with Gasteiger partial charge in [-0.15, -0.1) is 0 Å². The van der Waals surface area contributed by atoms with Crippen molar-refractivity contribution < 1.29 is 9.53 Å². The van der Waals surface area contributed by atoms with Crippen molar-refractivity contribution in [1.82, 2.24) is 9.97 Å². The monoisotopic (exact) mass is 274 g/mol. The first-order valence-electron chi connectivity index (χ1n) is 5.11. The highest BCUT2D eigenvalue weighted by atomic mass is 35.5. The molecule has 0 aliphatic heterocycles. The van der Waals surface area contributed by atoms with Crippen LogP contribution >= 0.6 is 23.4 Å². The zero-order valence-electron chi connectivity index (χ0n) is 10.3. The highest BCUT2D eigenvalue weighted by Gasteiger charge is 2.17. The molecule has 1 heterocycles. The summed E-state index contributed by atoms with van der Waals surface area (Å²) in [7, 11) is 0. The second-order valence-electron chi connectivity index (χ2n) is 4.47. The molecule has 1 aromatic rings. The molecule has 0 aromatic carbocycles. The van der Waals surface area contributed by atoms with Gasteiger partial charge in [-0.25, -0.2) is 9.97 Å². The van der Waals surface area contributed by atoms with Gasteiger partial charge in [-0.1, -0.05) is 23.4 Å². The summed E-state index contributed by atoms with van der Waals surface area (Å²) in [5.74, 6) is -0.0533. The number of hydrogen-bond donors (Lipinski definition) is 0.